The molecule has 2 unspecified atom stereocenters. The smallest absolute Gasteiger partial charge is 0.0692 e. The molecular formula is C13H27NO2. The highest BCUT2D eigenvalue weighted by atomic mass is 16.5. The van der Waals surface area contributed by atoms with Gasteiger partial charge in [-0.25, -0.2) is 0 Å². The van der Waals surface area contributed by atoms with Gasteiger partial charge in [0.25, 0.3) is 0 Å². The fourth-order valence-corrected chi connectivity index (χ4v) is 2.45. The van der Waals surface area contributed by atoms with Gasteiger partial charge in [-0.3, -0.25) is 0 Å². The molecule has 0 aromatic rings. The minimum Gasteiger partial charge on any atom is -0.392 e. The molecule has 0 spiro atoms. The normalized spacial score (nSPS) is 21.6. The summed E-state index contributed by atoms with van der Waals surface area (Å²) < 4.78 is 5.18. The van der Waals surface area contributed by atoms with Crippen LogP contribution in [0, 0.1) is 11.8 Å². The number of nitrogens with one attached hydrogen (secondary N) is 1. The standard InChI is InChI=1S/C13H27NO2/c1-10(2)12(9-16-3)14-8-13(15)11-6-4-5-7-11/h10-15H,4-9H2,1-3H3. The van der Waals surface area contributed by atoms with Crippen molar-refractivity contribution in [1.29, 1.82) is 0 Å². The predicted octanol–water partition coefficient (Wildman–Crippen LogP) is 1.80. The highest BCUT2D eigenvalue weighted by Gasteiger charge is 2.24. The molecule has 1 fully saturated rings. The lowest BCUT2D eigenvalue weighted by Crippen LogP contribution is -2.43. The van der Waals surface area contributed by atoms with Gasteiger partial charge in [-0.2, -0.15) is 0 Å². The van der Waals surface area contributed by atoms with Crippen LogP contribution in [0.2, 0.25) is 0 Å². The van der Waals surface area contributed by atoms with Crippen molar-refractivity contribution in [3.05, 3.63) is 0 Å². The van der Waals surface area contributed by atoms with Crippen LogP contribution in [0.3, 0.4) is 0 Å². The van der Waals surface area contributed by atoms with Crippen molar-refractivity contribution < 1.29 is 9.84 Å². The second kappa shape index (κ2) is 7.25. The van der Waals surface area contributed by atoms with Gasteiger partial charge in [0.05, 0.1) is 12.7 Å². The molecule has 3 nitrogen and oxygen atoms in total. The zero-order valence-electron chi connectivity index (χ0n) is 10.9. The Balaban J connectivity index is 2.24. The molecular weight excluding hydrogens is 202 g/mol. The Morgan fingerprint density at radius 2 is 1.94 bits per heavy atom. The Kier molecular flexibility index (Phi) is 6.32. The monoisotopic (exact) mass is 229 g/mol. The fourth-order valence-electron chi connectivity index (χ4n) is 2.45. The van der Waals surface area contributed by atoms with Crippen LogP contribution in [0.4, 0.5) is 0 Å². The lowest BCUT2D eigenvalue weighted by atomic mass is 9.99. The van der Waals surface area contributed by atoms with Gasteiger partial charge in [0.2, 0.25) is 0 Å². The van der Waals surface area contributed by atoms with Gasteiger partial charge in [0.1, 0.15) is 0 Å². The van der Waals surface area contributed by atoms with E-state index in [-0.39, 0.29) is 6.10 Å². The van der Waals surface area contributed by atoms with Gasteiger partial charge in [-0.1, -0.05) is 26.7 Å². The maximum Gasteiger partial charge on any atom is 0.0692 e. The predicted molar refractivity (Wildman–Crippen MR) is 66.5 cm³/mol. The first-order valence-corrected chi connectivity index (χ1v) is 6.55. The Morgan fingerprint density at radius 1 is 1.31 bits per heavy atom. The minimum atomic E-state index is -0.180. The number of methoxy groups -OCH3 is 1. The number of rotatable bonds is 7. The molecule has 1 aliphatic carbocycles. The van der Waals surface area contributed by atoms with E-state index in [1.54, 1.807) is 7.11 Å². The van der Waals surface area contributed by atoms with Crippen molar-refractivity contribution in [2.24, 2.45) is 11.8 Å². The van der Waals surface area contributed by atoms with E-state index in [9.17, 15) is 5.11 Å². The van der Waals surface area contributed by atoms with Crippen molar-refractivity contribution >= 4 is 0 Å². The van der Waals surface area contributed by atoms with Crippen LogP contribution >= 0.6 is 0 Å². The molecule has 1 rings (SSSR count). The quantitative estimate of drug-likeness (QED) is 0.699. The van der Waals surface area contributed by atoms with Crippen LogP contribution in [0.25, 0.3) is 0 Å². The molecule has 0 heterocycles. The molecule has 0 amide bonds. The van der Waals surface area contributed by atoms with E-state index in [0.29, 0.717) is 24.4 Å². The van der Waals surface area contributed by atoms with E-state index < -0.39 is 0 Å². The molecule has 0 radical (unpaired) electrons. The summed E-state index contributed by atoms with van der Waals surface area (Å²) in [6.07, 6.45) is 4.78. The summed E-state index contributed by atoms with van der Waals surface area (Å²) in [6.45, 7) is 5.78. The molecule has 16 heavy (non-hydrogen) atoms. The lowest BCUT2D eigenvalue weighted by molar-refractivity contribution is 0.0903. The minimum absolute atomic E-state index is 0.180. The summed E-state index contributed by atoms with van der Waals surface area (Å²) in [4.78, 5) is 0. The Morgan fingerprint density at radius 3 is 2.44 bits per heavy atom. The van der Waals surface area contributed by atoms with Crippen molar-refractivity contribution in [2.45, 2.75) is 51.7 Å². The number of hydrogen-bond acceptors (Lipinski definition) is 3. The Labute approximate surface area is 99.6 Å². The number of ether oxygens (including phenoxy) is 1. The van der Waals surface area contributed by atoms with Crippen LogP contribution in [-0.2, 0) is 4.74 Å². The van der Waals surface area contributed by atoms with Crippen molar-refractivity contribution in [3.63, 3.8) is 0 Å². The fraction of sp³-hybridized carbons (Fsp3) is 1.00. The van der Waals surface area contributed by atoms with Gasteiger partial charge in [0.15, 0.2) is 0 Å². The lowest BCUT2D eigenvalue weighted by Gasteiger charge is -2.25. The zero-order chi connectivity index (χ0) is 12.0. The SMILES string of the molecule is COCC(NCC(O)C1CCCC1)C(C)C. The molecule has 0 bridgehead atoms. The highest BCUT2D eigenvalue weighted by Crippen LogP contribution is 2.27. The third kappa shape index (κ3) is 4.40. The second-order valence-corrected chi connectivity index (χ2v) is 5.33. The first-order chi connectivity index (χ1) is 7.65. The van der Waals surface area contributed by atoms with Crippen molar-refractivity contribution in [1.82, 2.24) is 5.32 Å². The molecule has 2 atom stereocenters. The Hall–Kier alpha value is -0.120. The van der Waals surface area contributed by atoms with Gasteiger partial charge < -0.3 is 15.2 Å². The van der Waals surface area contributed by atoms with E-state index in [1.807, 2.05) is 0 Å². The van der Waals surface area contributed by atoms with Crippen LogP contribution in [-0.4, -0.2) is 37.5 Å². The molecule has 3 heteroatoms. The number of aliphatic hydroxyl groups excluding tert-OH is 1. The molecule has 1 aliphatic rings. The van der Waals surface area contributed by atoms with E-state index in [0.717, 1.165) is 6.61 Å². The van der Waals surface area contributed by atoms with Crippen molar-refractivity contribution in [3.8, 4) is 0 Å². The van der Waals surface area contributed by atoms with Gasteiger partial charge in [-0.05, 0) is 24.7 Å². The van der Waals surface area contributed by atoms with E-state index in [4.69, 9.17) is 4.74 Å². The summed E-state index contributed by atoms with van der Waals surface area (Å²) in [5.74, 6) is 1.05. The second-order valence-electron chi connectivity index (χ2n) is 5.33. The van der Waals surface area contributed by atoms with Gasteiger partial charge in [0, 0.05) is 19.7 Å². The van der Waals surface area contributed by atoms with Crippen molar-refractivity contribution in [2.75, 3.05) is 20.3 Å². The molecule has 0 aromatic heterocycles. The number of hydrogen-bond donors (Lipinski definition) is 2. The third-order valence-corrected chi connectivity index (χ3v) is 3.68. The first kappa shape index (κ1) is 13.9. The molecule has 1 saturated carbocycles. The van der Waals surface area contributed by atoms with Crippen LogP contribution < -0.4 is 5.32 Å². The number of aliphatic hydroxyl groups is 1. The average molecular weight is 229 g/mol. The summed E-state index contributed by atoms with van der Waals surface area (Å²) in [5.41, 5.74) is 0. The van der Waals surface area contributed by atoms with E-state index in [1.165, 1.54) is 25.7 Å². The maximum atomic E-state index is 10.0. The molecule has 96 valence electrons. The average Bonchev–Trinajstić information content (AvgIpc) is 2.76. The molecule has 0 saturated heterocycles. The van der Waals surface area contributed by atoms with E-state index >= 15 is 0 Å². The molecule has 0 aromatic carbocycles. The van der Waals surface area contributed by atoms with Gasteiger partial charge in [-0.15, -0.1) is 0 Å². The van der Waals surface area contributed by atoms with Gasteiger partial charge >= 0.3 is 0 Å². The molecule has 2 N–H and O–H groups in total. The van der Waals surface area contributed by atoms with E-state index in [2.05, 4.69) is 19.2 Å². The topological polar surface area (TPSA) is 41.5 Å². The van der Waals surface area contributed by atoms with Crippen LogP contribution in [0.1, 0.15) is 39.5 Å². The molecule has 0 aliphatic heterocycles. The zero-order valence-corrected chi connectivity index (χ0v) is 10.9. The maximum absolute atomic E-state index is 10.0. The highest BCUT2D eigenvalue weighted by molar-refractivity contribution is 4.79. The summed E-state index contributed by atoms with van der Waals surface area (Å²) in [5, 5.41) is 13.5. The third-order valence-electron chi connectivity index (χ3n) is 3.68. The summed E-state index contributed by atoms with van der Waals surface area (Å²) >= 11 is 0. The summed E-state index contributed by atoms with van der Waals surface area (Å²) in [6, 6.07) is 0.348. The van der Waals surface area contributed by atoms with Crippen LogP contribution in [0.5, 0.6) is 0 Å². The van der Waals surface area contributed by atoms with Crippen LogP contribution in [0.15, 0.2) is 0 Å². The summed E-state index contributed by atoms with van der Waals surface area (Å²) in [7, 11) is 1.73. The Bertz CT molecular complexity index is 179. The largest absolute Gasteiger partial charge is 0.392 e. The first-order valence-electron chi connectivity index (χ1n) is 6.55.